The molecule has 0 atom stereocenters. The van der Waals surface area contributed by atoms with Gasteiger partial charge in [-0.2, -0.15) is 0 Å². The number of hydrogen-bond donors (Lipinski definition) is 1. The number of carbonyl (C=O) groups is 1. The van der Waals surface area contributed by atoms with Gasteiger partial charge in [-0.3, -0.25) is 4.79 Å². The lowest BCUT2D eigenvalue weighted by atomic mass is 10.1. The smallest absolute Gasteiger partial charge is 0.225 e. The van der Waals surface area contributed by atoms with Crippen molar-refractivity contribution < 1.29 is 18.4 Å². The second kappa shape index (κ2) is 7.48. The maximum absolute atomic E-state index is 13.7. The third-order valence-electron chi connectivity index (χ3n) is 3.55. The standard InChI is InChI=1S/C18H14BrFN2O3/c1-24-17-7-4-12(8-14(17)20)16(23)10-21-18-9-15(22-25-18)11-2-5-13(19)6-3-11/h2-9,21H,10H2,1H3. The van der Waals surface area contributed by atoms with E-state index in [1.807, 2.05) is 24.3 Å². The third-order valence-corrected chi connectivity index (χ3v) is 4.08. The summed E-state index contributed by atoms with van der Waals surface area (Å²) in [6.45, 7) is -0.0409. The molecule has 0 bridgehead atoms. The highest BCUT2D eigenvalue weighted by atomic mass is 79.9. The molecule has 0 saturated heterocycles. The van der Waals surface area contributed by atoms with Gasteiger partial charge in [0.25, 0.3) is 0 Å². The van der Waals surface area contributed by atoms with Gasteiger partial charge >= 0.3 is 0 Å². The van der Waals surface area contributed by atoms with E-state index < -0.39 is 5.82 Å². The van der Waals surface area contributed by atoms with Gasteiger partial charge in [0.15, 0.2) is 17.3 Å². The van der Waals surface area contributed by atoms with Gasteiger partial charge in [0.2, 0.25) is 5.88 Å². The minimum Gasteiger partial charge on any atom is -0.494 e. The summed E-state index contributed by atoms with van der Waals surface area (Å²) in [6.07, 6.45) is 0. The van der Waals surface area contributed by atoms with Gasteiger partial charge in [-0.1, -0.05) is 33.2 Å². The van der Waals surface area contributed by atoms with Crippen molar-refractivity contribution in [2.24, 2.45) is 0 Å². The van der Waals surface area contributed by atoms with Crippen LogP contribution in [0.3, 0.4) is 0 Å². The molecule has 0 unspecified atom stereocenters. The third kappa shape index (κ3) is 4.06. The first-order valence-corrected chi connectivity index (χ1v) is 8.19. The van der Waals surface area contributed by atoms with Crippen LogP contribution in [0.2, 0.25) is 0 Å². The predicted molar refractivity (Wildman–Crippen MR) is 95.4 cm³/mol. The normalized spacial score (nSPS) is 10.5. The quantitative estimate of drug-likeness (QED) is 0.610. The van der Waals surface area contributed by atoms with Gasteiger partial charge in [0.05, 0.1) is 13.7 Å². The molecule has 25 heavy (non-hydrogen) atoms. The number of rotatable bonds is 6. The summed E-state index contributed by atoms with van der Waals surface area (Å²) in [5, 5.41) is 6.81. The zero-order chi connectivity index (χ0) is 17.8. The number of hydrogen-bond acceptors (Lipinski definition) is 5. The lowest BCUT2D eigenvalue weighted by Crippen LogP contribution is -2.13. The van der Waals surface area contributed by atoms with Crippen LogP contribution >= 0.6 is 15.9 Å². The number of methoxy groups -OCH3 is 1. The number of nitrogens with one attached hydrogen (secondary N) is 1. The zero-order valence-electron chi connectivity index (χ0n) is 13.3. The molecule has 0 spiro atoms. The Kier molecular flexibility index (Phi) is 5.14. The molecule has 7 heteroatoms. The van der Waals surface area contributed by atoms with E-state index in [-0.39, 0.29) is 23.6 Å². The van der Waals surface area contributed by atoms with E-state index in [1.165, 1.54) is 19.2 Å². The first-order valence-electron chi connectivity index (χ1n) is 7.40. The van der Waals surface area contributed by atoms with E-state index >= 15 is 0 Å². The van der Waals surface area contributed by atoms with E-state index in [4.69, 9.17) is 9.26 Å². The highest BCUT2D eigenvalue weighted by molar-refractivity contribution is 9.10. The molecule has 1 heterocycles. The minimum absolute atomic E-state index is 0.0409. The summed E-state index contributed by atoms with van der Waals surface area (Å²) in [5.74, 6) is -0.396. The van der Waals surface area contributed by atoms with Crippen LogP contribution in [0.25, 0.3) is 11.3 Å². The van der Waals surface area contributed by atoms with Gasteiger partial charge in [0.1, 0.15) is 5.69 Å². The summed E-state index contributed by atoms with van der Waals surface area (Å²) < 4.78 is 24.6. The van der Waals surface area contributed by atoms with E-state index in [0.717, 1.165) is 16.1 Å². The largest absolute Gasteiger partial charge is 0.494 e. The molecule has 0 aliphatic carbocycles. The van der Waals surface area contributed by atoms with Crippen molar-refractivity contribution in [2.45, 2.75) is 0 Å². The highest BCUT2D eigenvalue weighted by Crippen LogP contribution is 2.23. The van der Waals surface area contributed by atoms with Crippen LogP contribution < -0.4 is 10.1 Å². The van der Waals surface area contributed by atoms with E-state index in [9.17, 15) is 9.18 Å². The molecule has 0 aliphatic rings. The van der Waals surface area contributed by atoms with E-state index in [2.05, 4.69) is 26.4 Å². The molecule has 1 aromatic heterocycles. The van der Waals surface area contributed by atoms with Gasteiger partial charge in [-0.05, 0) is 30.3 Å². The molecular formula is C18H14BrFN2O3. The van der Waals surface area contributed by atoms with Gasteiger partial charge in [0, 0.05) is 21.7 Å². The van der Waals surface area contributed by atoms with Crippen molar-refractivity contribution in [2.75, 3.05) is 19.0 Å². The Hall–Kier alpha value is -2.67. The molecule has 1 N–H and O–H groups in total. The number of anilines is 1. The van der Waals surface area contributed by atoms with E-state index in [1.54, 1.807) is 6.07 Å². The van der Waals surface area contributed by atoms with Crippen LogP contribution in [-0.4, -0.2) is 24.6 Å². The fourth-order valence-electron chi connectivity index (χ4n) is 2.22. The van der Waals surface area contributed by atoms with Crippen molar-refractivity contribution in [3.63, 3.8) is 0 Å². The average molecular weight is 405 g/mol. The molecule has 0 amide bonds. The molecule has 3 aromatic rings. The topological polar surface area (TPSA) is 64.4 Å². The van der Waals surface area contributed by atoms with Crippen molar-refractivity contribution in [3.05, 3.63) is 64.4 Å². The minimum atomic E-state index is -0.578. The second-order valence-electron chi connectivity index (χ2n) is 5.21. The monoisotopic (exact) mass is 404 g/mol. The van der Waals surface area contributed by atoms with Crippen LogP contribution in [0.15, 0.2) is 57.5 Å². The molecular weight excluding hydrogens is 391 g/mol. The molecule has 3 rings (SSSR count). The lowest BCUT2D eigenvalue weighted by Gasteiger charge is -2.05. The first-order chi connectivity index (χ1) is 12.1. The lowest BCUT2D eigenvalue weighted by molar-refractivity contribution is 0.100. The summed E-state index contributed by atoms with van der Waals surface area (Å²) in [4.78, 5) is 12.1. The number of ketones is 1. The number of Topliss-reactive ketones (excluding diaryl/α,β-unsaturated/α-hetero) is 1. The molecule has 128 valence electrons. The molecule has 0 fully saturated rings. The number of carbonyl (C=O) groups excluding carboxylic acids is 1. The SMILES string of the molecule is COc1ccc(C(=O)CNc2cc(-c3ccc(Br)cc3)no2)cc1F. The Morgan fingerprint density at radius 1 is 1.24 bits per heavy atom. The number of aromatic nitrogens is 1. The van der Waals surface area contributed by atoms with Crippen LogP contribution in [-0.2, 0) is 0 Å². The van der Waals surface area contributed by atoms with Crippen molar-refractivity contribution in [1.29, 1.82) is 0 Å². The Labute approximate surface area is 151 Å². The molecule has 5 nitrogen and oxygen atoms in total. The molecule has 0 saturated carbocycles. The first kappa shape index (κ1) is 17.2. The summed E-state index contributed by atoms with van der Waals surface area (Å²) >= 11 is 3.37. The number of nitrogens with zero attached hydrogens (tertiary/aromatic N) is 1. The molecule has 2 aromatic carbocycles. The van der Waals surface area contributed by atoms with Gasteiger partial charge in [-0.25, -0.2) is 4.39 Å². The predicted octanol–water partition coefficient (Wildman–Crippen LogP) is 4.55. The fourth-order valence-corrected chi connectivity index (χ4v) is 2.49. The maximum atomic E-state index is 13.7. The Balaban J connectivity index is 1.65. The Bertz CT molecular complexity index is 894. The number of ether oxygens (including phenoxy) is 1. The fraction of sp³-hybridized carbons (Fsp3) is 0.111. The van der Waals surface area contributed by atoms with Gasteiger partial charge in [-0.15, -0.1) is 0 Å². The van der Waals surface area contributed by atoms with Crippen molar-refractivity contribution in [1.82, 2.24) is 5.16 Å². The zero-order valence-corrected chi connectivity index (χ0v) is 14.8. The van der Waals surface area contributed by atoms with Crippen molar-refractivity contribution in [3.8, 4) is 17.0 Å². The average Bonchev–Trinajstić information content (AvgIpc) is 3.09. The van der Waals surface area contributed by atoms with Crippen LogP contribution in [0.5, 0.6) is 5.75 Å². The summed E-state index contributed by atoms with van der Waals surface area (Å²) in [5.41, 5.74) is 1.79. The second-order valence-corrected chi connectivity index (χ2v) is 6.13. The summed E-state index contributed by atoms with van der Waals surface area (Å²) in [7, 11) is 1.37. The van der Waals surface area contributed by atoms with Crippen LogP contribution in [0.4, 0.5) is 10.3 Å². The van der Waals surface area contributed by atoms with E-state index in [0.29, 0.717) is 11.6 Å². The number of halogens is 2. The molecule has 0 aliphatic heterocycles. The Morgan fingerprint density at radius 2 is 2.00 bits per heavy atom. The van der Waals surface area contributed by atoms with Crippen molar-refractivity contribution >= 4 is 27.6 Å². The highest BCUT2D eigenvalue weighted by Gasteiger charge is 2.12. The maximum Gasteiger partial charge on any atom is 0.225 e. The van der Waals surface area contributed by atoms with Gasteiger partial charge < -0.3 is 14.6 Å². The van der Waals surface area contributed by atoms with Crippen LogP contribution in [0.1, 0.15) is 10.4 Å². The molecule has 0 radical (unpaired) electrons. The number of benzene rings is 2. The van der Waals surface area contributed by atoms with Crippen LogP contribution in [0, 0.1) is 5.82 Å². The summed E-state index contributed by atoms with van der Waals surface area (Å²) in [6, 6.07) is 13.4. The Morgan fingerprint density at radius 3 is 2.68 bits per heavy atom.